The van der Waals surface area contributed by atoms with Crippen LogP contribution in [-0.4, -0.2) is 43.6 Å². The summed E-state index contributed by atoms with van der Waals surface area (Å²) in [6.07, 6.45) is 0. The molecule has 8 nitrogen and oxygen atoms in total. The lowest BCUT2D eigenvalue weighted by Gasteiger charge is -2.25. The molecule has 2 heterocycles. The average Bonchev–Trinajstić information content (AvgIpc) is 3.03. The largest absolute Gasteiger partial charge is 0.484 e. The Balaban J connectivity index is 1.82. The van der Waals surface area contributed by atoms with E-state index in [2.05, 4.69) is 15.9 Å². The van der Waals surface area contributed by atoms with Crippen molar-refractivity contribution in [3.63, 3.8) is 0 Å². The van der Waals surface area contributed by atoms with Crippen molar-refractivity contribution in [2.24, 2.45) is 5.73 Å². The van der Waals surface area contributed by atoms with Crippen LogP contribution in [0.1, 0.15) is 27.7 Å². The Kier molecular flexibility index (Phi) is 5.79. The molecule has 1 atom stereocenters. The first-order valence-corrected chi connectivity index (χ1v) is 10.3. The molecular weight excluding hydrogens is 468 g/mol. The maximum atomic E-state index is 13.4. The Hall–Kier alpha value is -3.17. The summed E-state index contributed by atoms with van der Waals surface area (Å²) < 4.78 is 17.1. The van der Waals surface area contributed by atoms with Crippen LogP contribution in [0.25, 0.3) is 11.0 Å². The molecule has 2 amide bonds. The minimum Gasteiger partial charge on any atom is -0.484 e. The van der Waals surface area contributed by atoms with E-state index in [1.807, 2.05) is 0 Å². The standard InChI is InChI=1S/C22H19BrN2O6/c1-29-9-8-25-19(12-2-5-14(6-3-12)30-11-17(24)26)18-20(27)15-10-13(23)4-7-16(15)31-21(18)22(25)28/h2-7,10,19H,8-9,11H2,1H3,(H2,24,26). The summed E-state index contributed by atoms with van der Waals surface area (Å²) in [5.74, 6) is -0.464. The maximum Gasteiger partial charge on any atom is 0.290 e. The number of nitrogens with two attached hydrogens (primary N) is 1. The van der Waals surface area contributed by atoms with Gasteiger partial charge in [0.1, 0.15) is 11.3 Å². The fourth-order valence-corrected chi connectivity index (χ4v) is 4.02. The van der Waals surface area contributed by atoms with Crippen molar-refractivity contribution in [3.05, 3.63) is 74.0 Å². The molecule has 0 aliphatic carbocycles. The molecule has 0 bridgehead atoms. The Bertz CT molecular complexity index is 1220. The number of primary amides is 1. The van der Waals surface area contributed by atoms with Gasteiger partial charge in [0.05, 0.1) is 23.6 Å². The number of hydrogen-bond acceptors (Lipinski definition) is 6. The van der Waals surface area contributed by atoms with E-state index in [0.29, 0.717) is 28.9 Å². The fourth-order valence-electron chi connectivity index (χ4n) is 3.66. The lowest BCUT2D eigenvalue weighted by Crippen LogP contribution is -2.32. The molecule has 3 aromatic rings. The molecular formula is C22H19BrN2O6. The maximum absolute atomic E-state index is 13.4. The SMILES string of the molecule is COCCN1C(=O)c2oc3ccc(Br)cc3c(=O)c2C1c1ccc(OCC(N)=O)cc1. The second-order valence-corrected chi connectivity index (χ2v) is 7.95. The Morgan fingerprint density at radius 3 is 2.61 bits per heavy atom. The Labute approximate surface area is 185 Å². The summed E-state index contributed by atoms with van der Waals surface area (Å²) in [5, 5.41) is 0.390. The third kappa shape index (κ3) is 3.94. The number of amides is 2. The van der Waals surface area contributed by atoms with Gasteiger partial charge in [-0.25, -0.2) is 0 Å². The number of hydrogen-bond donors (Lipinski definition) is 1. The quantitative estimate of drug-likeness (QED) is 0.549. The highest BCUT2D eigenvalue weighted by Crippen LogP contribution is 2.38. The molecule has 0 radical (unpaired) electrons. The first-order valence-electron chi connectivity index (χ1n) is 9.48. The van der Waals surface area contributed by atoms with Crippen molar-refractivity contribution >= 4 is 38.7 Å². The van der Waals surface area contributed by atoms with Crippen LogP contribution in [0.2, 0.25) is 0 Å². The predicted molar refractivity (Wildman–Crippen MR) is 116 cm³/mol. The topological polar surface area (TPSA) is 112 Å². The molecule has 1 aliphatic heterocycles. The van der Waals surface area contributed by atoms with Gasteiger partial charge < -0.3 is 24.5 Å². The number of rotatable bonds is 7. The molecule has 1 aliphatic rings. The zero-order valence-electron chi connectivity index (χ0n) is 16.6. The van der Waals surface area contributed by atoms with Gasteiger partial charge in [-0.1, -0.05) is 28.1 Å². The summed E-state index contributed by atoms with van der Waals surface area (Å²) in [5.41, 5.74) is 6.19. The normalized spacial score (nSPS) is 15.4. The van der Waals surface area contributed by atoms with Gasteiger partial charge >= 0.3 is 0 Å². The van der Waals surface area contributed by atoms with Crippen LogP contribution in [-0.2, 0) is 9.53 Å². The molecule has 160 valence electrons. The number of benzene rings is 2. The van der Waals surface area contributed by atoms with Crippen LogP contribution in [0.5, 0.6) is 5.75 Å². The lowest BCUT2D eigenvalue weighted by atomic mass is 9.98. The van der Waals surface area contributed by atoms with E-state index in [0.717, 1.165) is 4.47 Å². The number of carbonyl (C=O) groups excluding carboxylic acids is 2. The number of methoxy groups -OCH3 is 1. The highest BCUT2D eigenvalue weighted by atomic mass is 79.9. The zero-order chi connectivity index (χ0) is 22.1. The summed E-state index contributed by atoms with van der Waals surface area (Å²) in [4.78, 5) is 39.0. The smallest absolute Gasteiger partial charge is 0.290 e. The van der Waals surface area contributed by atoms with Crippen molar-refractivity contribution in [1.82, 2.24) is 4.90 Å². The molecule has 0 spiro atoms. The van der Waals surface area contributed by atoms with Crippen LogP contribution in [0.3, 0.4) is 0 Å². The number of carbonyl (C=O) groups is 2. The molecule has 4 rings (SSSR count). The van der Waals surface area contributed by atoms with Gasteiger partial charge in [-0.15, -0.1) is 0 Å². The van der Waals surface area contributed by atoms with Crippen molar-refractivity contribution < 1.29 is 23.5 Å². The van der Waals surface area contributed by atoms with Gasteiger partial charge in [0.25, 0.3) is 11.8 Å². The van der Waals surface area contributed by atoms with Crippen LogP contribution >= 0.6 is 15.9 Å². The van der Waals surface area contributed by atoms with Gasteiger partial charge in [-0.2, -0.15) is 0 Å². The number of halogens is 1. The van der Waals surface area contributed by atoms with Gasteiger partial charge in [0, 0.05) is 18.1 Å². The molecule has 0 saturated carbocycles. The fraction of sp³-hybridized carbons (Fsp3) is 0.227. The van der Waals surface area contributed by atoms with Crippen molar-refractivity contribution in [2.75, 3.05) is 26.9 Å². The van der Waals surface area contributed by atoms with Crippen LogP contribution in [0.15, 0.2) is 56.1 Å². The minimum atomic E-state index is -0.637. The summed E-state index contributed by atoms with van der Waals surface area (Å²) in [6.45, 7) is 0.341. The molecule has 1 aromatic heterocycles. The molecule has 2 aromatic carbocycles. The number of nitrogens with zero attached hydrogens (tertiary/aromatic N) is 1. The van der Waals surface area contributed by atoms with E-state index in [1.54, 1.807) is 54.5 Å². The number of fused-ring (bicyclic) bond motifs is 2. The van der Waals surface area contributed by atoms with E-state index in [4.69, 9.17) is 19.6 Å². The summed E-state index contributed by atoms with van der Waals surface area (Å²) in [6, 6.07) is 11.3. The van der Waals surface area contributed by atoms with Crippen molar-refractivity contribution in [2.45, 2.75) is 6.04 Å². The molecule has 0 fully saturated rings. The molecule has 31 heavy (non-hydrogen) atoms. The highest BCUT2D eigenvalue weighted by molar-refractivity contribution is 9.10. The van der Waals surface area contributed by atoms with Gasteiger partial charge in [-0.05, 0) is 35.9 Å². The van der Waals surface area contributed by atoms with Crippen LogP contribution in [0, 0.1) is 0 Å². The van der Waals surface area contributed by atoms with Gasteiger partial charge in [0.15, 0.2) is 12.0 Å². The predicted octanol–water partition coefficient (Wildman–Crippen LogP) is 2.61. The summed E-state index contributed by atoms with van der Waals surface area (Å²) >= 11 is 3.38. The van der Waals surface area contributed by atoms with E-state index in [1.165, 1.54) is 0 Å². The van der Waals surface area contributed by atoms with Crippen molar-refractivity contribution in [1.29, 1.82) is 0 Å². The van der Waals surface area contributed by atoms with Crippen LogP contribution in [0.4, 0.5) is 0 Å². The third-order valence-corrected chi connectivity index (χ3v) is 5.53. The van der Waals surface area contributed by atoms with E-state index in [9.17, 15) is 14.4 Å². The average molecular weight is 487 g/mol. The second kappa shape index (κ2) is 8.52. The van der Waals surface area contributed by atoms with E-state index in [-0.39, 0.29) is 35.8 Å². The van der Waals surface area contributed by atoms with Gasteiger partial charge in [0.2, 0.25) is 5.76 Å². The monoisotopic (exact) mass is 486 g/mol. The lowest BCUT2D eigenvalue weighted by molar-refractivity contribution is -0.119. The highest BCUT2D eigenvalue weighted by Gasteiger charge is 2.42. The van der Waals surface area contributed by atoms with Crippen LogP contribution < -0.4 is 15.9 Å². The minimum absolute atomic E-state index is 0.0370. The van der Waals surface area contributed by atoms with E-state index >= 15 is 0 Å². The molecule has 0 saturated heterocycles. The zero-order valence-corrected chi connectivity index (χ0v) is 18.2. The van der Waals surface area contributed by atoms with E-state index < -0.39 is 11.9 Å². The first-order chi connectivity index (χ1) is 14.9. The third-order valence-electron chi connectivity index (χ3n) is 5.04. The number of ether oxygens (including phenoxy) is 2. The molecule has 1 unspecified atom stereocenters. The second-order valence-electron chi connectivity index (χ2n) is 7.03. The first kappa shape index (κ1) is 21.1. The van der Waals surface area contributed by atoms with Gasteiger partial charge in [-0.3, -0.25) is 14.4 Å². The Morgan fingerprint density at radius 2 is 1.94 bits per heavy atom. The van der Waals surface area contributed by atoms with Crippen molar-refractivity contribution in [3.8, 4) is 5.75 Å². The Morgan fingerprint density at radius 1 is 1.19 bits per heavy atom. The molecule has 9 heteroatoms. The molecule has 2 N–H and O–H groups in total. The summed E-state index contributed by atoms with van der Waals surface area (Å²) in [7, 11) is 1.54.